The van der Waals surface area contributed by atoms with E-state index in [0.717, 1.165) is 39.1 Å². The monoisotopic (exact) mass is 429 g/mol. The van der Waals surface area contributed by atoms with E-state index in [1.807, 2.05) is 0 Å². The highest BCUT2D eigenvalue weighted by molar-refractivity contribution is 7.89. The molecule has 0 aliphatic carbocycles. The van der Waals surface area contributed by atoms with Crippen LogP contribution in [0, 0.1) is 0 Å². The molecule has 2 aromatic heterocycles. The second-order valence-electron chi connectivity index (χ2n) is 5.51. The van der Waals surface area contributed by atoms with Gasteiger partial charge in [0.2, 0.25) is 10.0 Å². The van der Waals surface area contributed by atoms with Gasteiger partial charge in [-0.3, -0.25) is 0 Å². The van der Waals surface area contributed by atoms with E-state index in [1.165, 1.54) is 6.20 Å². The third-order valence-corrected chi connectivity index (χ3v) is 5.73. The van der Waals surface area contributed by atoms with Crippen molar-refractivity contribution in [2.45, 2.75) is 11.3 Å². The van der Waals surface area contributed by atoms with E-state index in [9.17, 15) is 8.42 Å². The van der Waals surface area contributed by atoms with Crippen molar-refractivity contribution in [2.24, 2.45) is 0 Å². The Morgan fingerprint density at radius 1 is 1.28 bits per heavy atom. The largest absolute Gasteiger partial charge is 0.345 e. The molecule has 0 unspecified atom stereocenters. The molecule has 3 rings (SSSR count). The number of hydrogen-bond acceptors (Lipinski definition) is 5. The lowest BCUT2D eigenvalue weighted by Crippen LogP contribution is -2.44. The van der Waals surface area contributed by atoms with E-state index in [1.54, 1.807) is 12.3 Å². The quantitative estimate of drug-likeness (QED) is 0.606. The van der Waals surface area contributed by atoms with Gasteiger partial charge in [-0.15, -0.1) is 24.8 Å². The van der Waals surface area contributed by atoms with Crippen LogP contribution in [0.3, 0.4) is 0 Å². The fraction of sp³-hybridized carbons (Fsp3) is 0.500. The predicted octanol–water partition coefficient (Wildman–Crippen LogP) is 1.63. The molecule has 0 bridgehead atoms. The summed E-state index contributed by atoms with van der Waals surface area (Å²) in [7, 11) is -3.61. The summed E-state index contributed by atoms with van der Waals surface area (Å²) >= 11 is 6.11. The molecule has 25 heavy (non-hydrogen) atoms. The zero-order valence-corrected chi connectivity index (χ0v) is 16.7. The van der Waals surface area contributed by atoms with Gasteiger partial charge >= 0.3 is 0 Å². The minimum Gasteiger partial charge on any atom is -0.345 e. The standard InChI is InChI=1S/C14H20ClN5O2S.2ClH/c15-11-2-4-17-14-13(11)12(10-18-14)23(21,22)19-3-1-7-20-8-5-16-6-9-20;;/h2,4,10,16,19H,1,3,5-9H2,(H,17,18);2*1H. The number of H-pyrrole nitrogens is 1. The van der Waals surface area contributed by atoms with Crippen molar-refractivity contribution in [3.8, 4) is 0 Å². The van der Waals surface area contributed by atoms with Crippen LogP contribution in [-0.4, -0.2) is 62.6 Å². The van der Waals surface area contributed by atoms with E-state index in [4.69, 9.17) is 11.6 Å². The van der Waals surface area contributed by atoms with Crippen molar-refractivity contribution in [1.82, 2.24) is 24.9 Å². The lowest BCUT2D eigenvalue weighted by Gasteiger charge is -2.27. The van der Waals surface area contributed by atoms with Crippen molar-refractivity contribution >= 4 is 57.5 Å². The van der Waals surface area contributed by atoms with Crippen LogP contribution < -0.4 is 10.0 Å². The topological polar surface area (TPSA) is 90.1 Å². The van der Waals surface area contributed by atoms with Crippen molar-refractivity contribution in [3.05, 3.63) is 23.5 Å². The van der Waals surface area contributed by atoms with Crippen LogP contribution in [0.1, 0.15) is 6.42 Å². The molecule has 0 saturated carbocycles. The van der Waals surface area contributed by atoms with Crippen LogP contribution in [0.4, 0.5) is 0 Å². The van der Waals surface area contributed by atoms with Crippen LogP contribution in [0.25, 0.3) is 11.0 Å². The van der Waals surface area contributed by atoms with Crippen LogP contribution >= 0.6 is 36.4 Å². The number of nitrogens with zero attached hydrogens (tertiary/aromatic N) is 2. The van der Waals surface area contributed by atoms with Gasteiger partial charge in [-0.05, 0) is 19.0 Å². The number of rotatable bonds is 6. The second-order valence-corrected chi connectivity index (χ2v) is 7.65. The molecule has 0 atom stereocenters. The molecular weight excluding hydrogens is 409 g/mol. The molecule has 3 heterocycles. The number of nitrogens with one attached hydrogen (secondary N) is 3. The highest BCUT2D eigenvalue weighted by Crippen LogP contribution is 2.27. The molecule has 1 saturated heterocycles. The molecule has 7 nitrogen and oxygen atoms in total. The zero-order valence-electron chi connectivity index (χ0n) is 13.5. The molecule has 0 aromatic carbocycles. The summed E-state index contributed by atoms with van der Waals surface area (Å²) in [6.45, 7) is 5.29. The summed E-state index contributed by atoms with van der Waals surface area (Å²) in [6, 6.07) is 1.58. The Labute approximate surface area is 164 Å². The molecule has 1 aliphatic heterocycles. The van der Waals surface area contributed by atoms with Gasteiger partial charge in [0.15, 0.2) is 0 Å². The number of pyridine rings is 1. The maximum absolute atomic E-state index is 12.5. The smallest absolute Gasteiger partial charge is 0.242 e. The summed E-state index contributed by atoms with van der Waals surface area (Å²) < 4.78 is 27.6. The fourth-order valence-corrected chi connectivity index (χ4v) is 4.28. The van der Waals surface area contributed by atoms with Gasteiger partial charge in [0.05, 0.1) is 10.4 Å². The molecule has 11 heteroatoms. The number of aromatic nitrogens is 2. The van der Waals surface area contributed by atoms with E-state index in [-0.39, 0.29) is 29.7 Å². The SMILES string of the molecule is Cl.Cl.O=S(=O)(NCCCN1CCNCC1)c1c[nH]c2nccc(Cl)c12. The van der Waals surface area contributed by atoms with Crippen molar-refractivity contribution in [1.29, 1.82) is 0 Å². The number of aromatic amines is 1. The number of hydrogen-bond donors (Lipinski definition) is 3. The molecule has 2 aromatic rings. The summed E-state index contributed by atoms with van der Waals surface area (Å²) in [5.41, 5.74) is 0.471. The molecule has 0 spiro atoms. The van der Waals surface area contributed by atoms with Crippen molar-refractivity contribution in [2.75, 3.05) is 39.3 Å². The van der Waals surface area contributed by atoms with Crippen LogP contribution in [-0.2, 0) is 10.0 Å². The van der Waals surface area contributed by atoms with Gasteiger partial charge in [0.1, 0.15) is 10.5 Å². The van der Waals surface area contributed by atoms with Crippen LogP contribution in [0.15, 0.2) is 23.4 Å². The van der Waals surface area contributed by atoms with Crippen LogP contribution in [0.5, 0.6) is 0 Å². The molecule has 1 fully saturated rings. The third-order valence-electron chi connectivity index (χ3n) is 3.93. The molecule has 3 N–H and O–H groups in total. The average Bonchev–Trinajstić information content (AvgIpc) is 2.99. The Kier molecular flexibility index (Phi) is 8.90. The number of fused-ring (bicyclic) bond motifs is 1. The Bertz CT molecular complexity index is 778. The lowest BCUT2D eigenvalue weighted by atomic mass is 10.3. The predicted molar refractivity (Wildman–Crippen MR) is 105 cm³/mol. The molecule has 0 amide bonds. The summed E-state index contributed by atoms with van der Waals surface area (Å²) in [6.07, 6.45) is 3.74. The highest BCUT2D eigenvalue weighted by atomic mass is 35.5. The first-order valence-electron chi connectivity index (χ1n) is 7.62. The summed E-state index contributed by atoms with van der Waals surface area (Å²) in [4.78, 5) is 9.41. The summed E-state index contributed by atoms with van der Waals surface area (Å²) in [5.74, 6) is 0. The first-order chi connectivity index (χ1) is 11.1. The minimum atomic E-state index is -3.61. The van der Waals surface area contributed by atoms with Gasteiger partial charge in [-0.1, -0.05) is 11.6 Å². The van der Waals surface area contributed by atoms with E-state index < -0.39 is 10.0 Å². The van der Waals surface area contributed by atoms with E-state index in [0.29, 0.717) is 22.6 Å². The average molecular weight is 431 g/mol. The summed E-state index contributed by atoms with van der Waals surface area (Å²) in [5, 5.41) is 4.10. The Morgan fingerprint density at radius 2 is 2.00 bits per heavy atom. The minimum absolute atomic E-state index is 0. The molecule has 0 radical (unpaired) electrons. The Morgan fingerprint density at radius 3 is 2.72 bits per heavy atom. The zero-order chi connectivity index (χ0) is 16.3. The van der Waals surface area contributed by atoms with E-state index in [2.05, 4.69) is 24.9 Å². The van der Waals surface area contributed by atoms with Crippen molar-refractivity contribution < 1.29 is 8.42 Å². The first-order valence-corrected chi connectivity index (χ1v) is 9.48. The van der Waals surface area contributed by atoms with Gasteiger partial charge < -0.3 is 15.2 Å². The maximum Gasteiger partial charge on any atom is 0.242 e. The highest BCUT2D eigenvalue weighted by Gasteiger charge is 2.21. The van der Waals surface area contributed by atoms with E-state index >= 15 is 0 Å². The second kappa shape index (κ2) is 9.91. The Balaban J connectivity index is 0.00000156. The Hall–Kier alpha value is -0.610. The lowest BCUT2D eigenvalue weighted by molar-refractivity contribution is 0.239. The molecular formula is C14H22Cl3N5O2S. The number of sulfonamides is 1. The van der Waals surface area contributed by atoms with Gasteiger partial charge in [-0.2, -0.15) is 0 Å². The molecule has 142 valence electrons. The fourth-order valence-electron chi connectivity index (χ4n) is 2.72. The first kappa shape index (κ1) is 22.4. The van der Waals surface area contributed by atoms with Crippen molar-refractivity contribution in [3.63, 3.8) is 0 Å². The van der Waals surface area contributed by atoms with Gasteiger partial charge in [0, 0.05) is 45.1 Å². The normalized spacial score (nSPS) is 15.6. The number of piperazine rings is 1. The maximum atomic E-state index is 12.5. The number of halogens is 3. The van der Waals surface area contributed by atoms with Gasteiger partial charge in [0.25, 0.3) is 0 Å². The molecule has 1 aliphatic rings. The third kappa shape index (κ3) is 5.43. The van der Waals surface area contributed by atoms with Gasteiger partial charge in [-0.25, -0.2) is 18.1 Å². The van der Waals surface area contributed by atoms with Crippen LogP contribution in [0.2, 0.25) is 5.02 Å².